The largest absolute Gasteiger partial charge is 0.469 e. The molecule has 0 spiro atoms. The summed E-state index contributed by atoms with van der Waals surface area (Å²) in [4.78, 5) is 12.0. The van der Waals surface area contributed by atoms with Crippen molar-refractivity contribution >= 4 is 21.9 Å². The number of rotatable bonds is 5. The van der Waals surface area contributed by atoms with Crippen molar-refractivity contribution in [1.29, 1.82) is 0 Å². The number of ether oxygens (including phenoxy) is 1. The topological polar surface area (TPSA) is 77.2 Å². The number of benzene rings is 1. The fourth-order valence-electron chi connectivity index (χ4n) is 3.27. The number of aromatic nitrogens is 2. The van der Waals surface area contributed by atoms with Gasteiger partial charge in [0.05, 0.1) is 25.1 Å². The van der Waals surface area contributed by atoms with E-state index in [0.29, 0.717) is 18.3 Å². The van der Waals surface area contributed by atoms with Gasteiger partial charge in [0, 0.05) is 10.5 Å². The Labute approximate surface area is 155 Å². The number of methoxy groups -OCH3 is 1. The minimum absolute atomic E-state index is 0.0776. The van der Waals surface area contributed by atoms with Gasteiger partial charge >= 0.3 is 5.97 Å². The van der Waals surface area contributed by atoms with Gasteiger partial charge in [0.2, 0.25) is 11.8 Å². The maximum absolute atomic E-state index is 12.0. The second-order valence-electron chi connectivity index (χ2n) is 6.24. The lowest BCUT2D eigenvalue weighted by molar-refractivity contribution is -0.146. The molecule has 2 aromatic rings. The highest BCUT2D eigenvalue weighted by Crippen LogP contribution is 2.27. The number of hydrogen-bond donors (Lipinski definition) is 1. The fraction of sp³-hybridized carbons (Fsp3) is 0.500. The molecule has 25 heavy (non-hydrogen) atoms. The summed E-state index contributed by atoms with van der Waals surface area (Å²) in [6.07, 6.45) is 5.13. The maximum atomic E-state index is 12.0. The van der Waals surface area contributed by atoms with Gasteiger partial charge in [-0.1, -0.05) is 31.4 Å². The minimum Gasteiger partial charge on any atom is -0.469 e. The number of esters is 1. The third-order valence-corrected chi connectivity index (χ3v) is 5.30. The molecule has 0 amide bonds. The highest BCUT2D eigenvalue weighted by molar-refractivity contribution is 9.10. The van der Waals surface area contributed by atoms with Crippen molar-refractivity contribution in [2.45, 2.75) is 44.7 Å². The summed E-state index contributed by atoms with van der Waals surface area (Å²) in [7, 11) is 1.45. The Morgan fingerprint density at radius 1 is 1.28 bits per heavy atom. The summed E-state index contributed by atoms with van der Waals surface area (Å²) in [5.41, 5.74) is 0.864. The van der Waals surface area contributed by atoms with Crippen molar-refractivity contribution in [3.8, 4) is 11.5 Å². The average Bonchev–Trinajstić information content (AvgIpc) is 2.97. The van der Waals surface area contributed by atoms with Gasteiger partial charge in [-0.05, 0) is 40.9 Å². The van der Waals surface area contributed by atoms with E-state index in [1.165, 1.54) is 7.11 Å². The Bertz CT molecular complexity index is 719. The molecule has 0 saturated heterocycles. The molecule has 0 bridgehead atoms. The Balaban J connectivity index is 1.66. The monoisotopic (exact) mass is 407 g/mol. The molecule has 1 fully saturated rings. The van der Waals surface area contributed by atoms with Crippen molar-refractivity contribution in [3.05, 3.63) is 34.6 Å². The molecule has 2 atom stereocenters. The molecule has 134 valence electrons. The van der Waals surface area contributed by atoms with Gasteiger partial charge in [0.1, 0.15) is 0 Å². The smallest absolute Gasteiger partial charge is 0.310 e. The average molecular weight is 408 g/mol. The van der Waals surface area contributed by atoms with Crippen LogP contribution in [0.25, 0.3) is 11.5 Å². The molecule has 3 rings (SSSR count). The van der Waals surface area contributed by atoms with E-state index >= 15 is 0 Å². The van der Waals surface area contributed by atoms with Crippen LogP contribution < -0.4 is 5.32 Å². The highest BCUT2D eigenvalue weighted by Gasteiger charge is 2.30. The molecule has 0 aliphatic heterocycles. The van der Waals surface area contributed by atoms with E-state index in [-0.39, 0.29) is 17.9 Å². The van der Waals surface area contributed by atoms with Gasteiger partial charge in [0.15, 0.2) is 0 Å². The van der Waals surface area contributed by atoms with Crippen LogP contribution in [0.2, 0.25) is 0 Å². The lowest BCUT2D eigenvalue weighted by atomic mass is 9.95. The van der Waals surface area contributed by atoms with Crippen LogP contribution in [-0.4, -0.2) is 29.3 Å². The van der Waals surface area contributed by atoms with Crippen molar-refractivity contribution in [2.24, 2.45) is 5.92 Å². The molecule has 1 N–H and O–H groups in total. The Kier molecular flexibility index (Phi) is 6.20. The fourth-order valence-corrected chi connectivity index (χ4v) is 3.73. The first kappa shape index (κ1) is 18.1. The van der Waals surface area contributed by atoms with E-state index in [2.05, 4.69) is 31.4 Å². The molecule has 1 heterocycles. The molecule has 1 aromatic heterocycles. The number of carbonyl (C=O) groups is 1. The molecular weight excluding hydrogens is 386 g/mol. The third-order valence-electron chi connectivity index (χ3n) is 4.61. The lowest BCUT2D eigenvalue weighted by Gasteiger charge is -2.23. The molecule has 7 heteroatoms. The molecule has 0 radical (unpaired) electrons. The first-order valence-electron chi connectivity index (χ1n) is 8.57. The van der Waals surface area contributed by atoms with E-state index in [1.807, 2.05) is 24.3 Å². The predicted molar refractivity (Wildman–Crippen MR) is 96.7 cm³/mol. The number of halogens is 1. The van der Waals surface area contributed by atoms with E-state index in [9.17, 15) is 4.79 Å². The summed E-state index contributed by atoms with van der Waals surface area (Å²) >= 11 is 3.49. The SMILES string of the molecule is COC(=O)[C@@H]1CCCCC[C@@H]1NCc1nnc(-c2ccccc2Br)o1. The summed E-state index contributed by atoms with van der Waals surface area (Å²) in [5, 5.41) is 11.7. The maximum Gasteiger partial charge on any atom is 0.310 e. The second kappa shape index (κ2) is 8.58. The van der Waals surface area contributed by atoms with Gasteiger partial charge in [-0.2, -0.15) is 0 Å². The zero-order valence-corrected chi connectivity index (χ0v) is 15.8. The minimum atomic E-state index is -0.140. The van der Waals surface area contributed by atoms with Crippen LogP contribution in [-0.2, 0) is 16.1 Å². The molecule has 1 aliphatic carbocycles. The third kappa shape index (κ3) is 4.46. The van der Waals surface area contributed by atoms with Crippen LogP contribution in [0, 0.1) is 5.92 Å². The first-order chi connectivity index (χ1) is 12.2. The first-order valence-corrected chi connectivity index (χ1v) is 9.37. The quantitative estimate of drug-likeness (QED) is 0.601. The molecule has 1 aliphatic rings. The number of nitrogens with one attached hydrogen (secondary N) is 1. The molecule has 1 saturated carbocycles. The summed E-state index contributed by atoms with van der Waals surface area (Å²) in [6.45, 7) is 0.440. The van der Waals surface area contributed by atoms with Crippen LogP contribution >= 0.6 is 15.9 Å². The van der Waals surface area contributed by atoms with E-state index in [0.717, 1.165) is 42.1 Å². The second-order valence-corrected chi connectivity index (χ2v) is 7.09. The lowest BCUT2D eigenvalue weighted by Crippen LogP contribution is -2.39. The van der Waals surface area contributed by atoms with Gasteiger partial charge < -0.3 is 14.5 Å². The normalized spacial score (nSPS) is 20.9. The van der Waals surface area contributed by atoms with E-state index in [1.54, 1.807) is 0 Å². The van der Waals surface area contributed by atoms with E-state index in [4.69, 9.17) is 9.15 Å². The standard InChI is InChI=1S/C18H22BrN3O3/c1-24-18(23)13-8-3-2-4-10-15(13)20-11-16-21-22-17(25-16)12-7-5-6-9-14(12)19/h5-7,9,13,15,20H,2-4,8,10-11H2,1H3/t13-,15+/m1/s1. The van der Waals surface area contributed by atoms with Crippen LogP contribution in [0.15, 0.2) is 33.2 Å². The number of carbonyl (C=O) groups excluding carboxylic acids is 1. The summed E-state index contributed by atoms with van der Waals surface area (Å²) in [6, 6.07) is 7.80. The van der Waals surface area contributed by atoms with E-state index < -0.39 is 0 Å². The molecule has 1 aromatic carbocycles. The predicted octanol–water partition coefficient (Wildman–Crippen LogP) is 3.71. The molecule has 6 nitrogen and oxygen atoms in total. The van der Waals surface area contributed by atoms with Crippen molar-refractivity contribution in [2.75, 3.05) is 7.11 Å². The Morgan fingerprint density at radius 3 is 2.88 bits per heavy atom. The van der Waals surface area contributed by atoms with Crippen LogP contribution in [0.3, 0.4) is 0 Å². The van der Waals surface area contributed by atoms with Gasteiger partial charge in [0.25, 0.3) is 0 Å². The van der Waals surface area contributed by atoms with Crippen molar-refractivity contribution in [1.82, 2.24) is 15.5 Å². The van der Waals surface area contributed by atoms with Gasteiger partial charge in [-0.25, -0.2) is 0 Å². The van der Waals surface area contributed by atoms with Crippen LogP contribution in [0.4, 0.5) is 0 Å². The van der Waals surface area contributed by atoms with Gasteiger partial charge in [-0.3, -0.25) is 4.79 Å². The number of hydrogen-bond acceptors (Lipinski definition) is 6. The van der Waals surface area contributed by atoms with Crippen LogP contribution in [0.5, 0.6) is 0 Å². The van der Waals surface area contributed by atoms with Gasteiger partial charge in [-0.15, -0.1) is 10.2 Å². The molecule has 0 unspecified atom stereocenters. The zero-order chi connectivity index (χ0) is 17.6. The Hall–Kier alpha value is -1.73. The van der Waals surface area contributed by atoms with Crippen LogP contribution in [0.1, 0.15) is 38.0 Å². The summed E-state index contributed by atoms with van der Waals surface area (Å²) < 4.78 is 11.6. The number of nitrogens with zero attached hydrogens (tertiary/aromatic N) is 2. The van der Waals surface area contributed by atoms with Crippen molar-refractivity contribution < 1.29 is 13.9 Å². The highest BCUT2D eigenvalue weighted by atomic mass is 79.9. The van der Waals surface area contributed by atoms with Crippen molar-refractivity contribution in [3.63, 3.8) is 0 Å². The molecular formula is C18H22BrN3O3. The Morgan fingerprint density at radius 2 is 2.08 bits per heavy atom. The summed E-state index contributed by atoms with van der Waals surface area (Å²) in [5.74, 6) is 0.741. The zero-order valence-electron chi connectivity index (χ0n) is 14.2.